The Balaban J connectivity index is 1.83. The molecule has 102 valence electrons. The molecule has 0 radical (unpaired) electrons. The quantitative estimate of drug-likeness (QED) is 0.848. The molecule has 19 heavy (non-hydrogen) atoms. The van der Waals surface area contributed by atoms with Crippen LogP contribution in [-0.2, 0) is 7.05 Å². The van der Waals surface area contributed by atoms with Crippen LogP contribution in [0.3, 0.4) is 0 Å². The van der Waals surface area contributed by atoms with Crippen LogP contribution < -0.4 is 5.32 Å². The third kappa shape index (κ3) is 3.03. The van der Waals surface area contributed by atoms with Gasteiger partial charge in [0, 0.05) is 25.5 Å². The summed E-state index contributed by atoms with van der Waals surface area (Å²) in [5.74, 6) is 0.248. The normalized spacial score (nSPS) is 12.4. The number of hydrogen-bond donors (Lipinski definition) is 2. The summed E-state index contributed by atoms with van der Waals surface area (Å²) in [4.78, 5) is 11.8. The smallest absolute Gasteiger partial charge is 0.256 e. The lowest BCUT2D eigenvalue weighted by Gasteiger charge is -2.12. The predicted molar refractivity (Wildman–Crippen MR) is 68.6 cm³/mol. The van der Waals surface area contributed by atoms with Crippen LogP contribution in [0.25, 0.3) is 0 Å². The van der Waals surface area contributed by atoms with Gasteiger partial charge in [-0.15, -0.1) is 0 Å². The lowest BCUT2D eigenvalue weighted by molar-refractivity contribution is 0.0940. The summed E-state index contributed by atoms with van der Waals surface area (Å²) >= 11 is 0. The Morgan fingerprint density at radius 1 is 1.63 bits per heavy atom. The highest BCUT2D eigenvalue weighted by Crippen LogP contribution is 2.15. The standard InChI is InChI=1S/C13H17N3O3/c1-9-10(8-15-19-9)13(18)14-6-5-12(17)11-4-3-7-16(11)2/h3-4,7-8,12,17H,5-6H2,1-2H3,(H,14,18). The Bertz CT molecular complexity index is 559. The van der Waals surface area contributed by atoms with Gasteiger partial charge in [0.2, 0.25) is 0 Å². The highest BCUT2D eigenvalue weighted by atomic mass is 16.5. The number of carbonyl (C=O) groups excluding carboxylic acids is 1. The topological polar surface area (TPSA) is 80.3 Å². The minimum atomic E-state index is -0.594. The Morgan fingerprint density at radius 3 is 3.00 bits per heavy atom. The van der Waals surface area contributed by atoms with Crippen LogP contribution in [-0.4, -0.2) is 27.3 Å². The molecule has 0 aliphatic rings. The van der Waals surface area contributed by atoms with Crippen molar-refractivity contribution in [3.8, 4) is 0 Å². The van der Waals surface area contributed by atoms with Crippen molar-refractivity contribution in [2.24, 2.45) is 7.05 Å². The number of nitrogens with zero attached hydrogens (tertiary/aromatic N) is 2. The zero-order chi connectivity index (χ0) is 13.8. The summed E-state index contributed by atoms with van der Waals surface area (Å²) in [6.45, 7) is 2.07. The first-order valence-electron chi connectivity index (χ1n) is 6.08. The van der Waals surface area contributed by atoms with Crippen LogP contribution in [0.1, 0.15) is 34.3 Å². The van der Waals surface area contributed by atoms with E-state index in [1.54, 1.807) is 6.92 Å². The maximum Gasteiger partial charge on any atom is 0.256 e. The summed E-state index contributed by atoms with van der Waals surface area (Å²) in [7, 11) is 1.87. The zero-order valence-corrected chi connectivity index (χ0v) is 11.0. The first-order chi connectivity index (χ1) is 9.09. The third-order valence-corrected chi connectivity index (χ3v) is 3.02. The second-order valence-electron chi connectivity index (χ2n) is 4.40. The van der Waals surface area contributed by atoms with Crippen molar-refractivity contribution in [3.05, 3.63) is 41.5 Å². The molecule has 0 spiro atoms. The third-order valence-electron chi connectivity index (χ3n) is 3.02. The number of carbonyl (C=O) groups is 1. The van der Waals surface area contributed by atoms with Gasteiger partial charge in [-0.2, -0.15) is 0 Å². The molecule has 1 atom stereocenters. The monoisotopic (exact) mass is 263 g/mol. The van der Waals surface area contributed by atoms with Crippen LogP contribution in [0.15, 0.2) is 29.0 Å². The number of aromatic nitrogens is 2. The molecule has 0 aliphatic carbocycles. The Labute approximate surface area is 111 Å². The van der Waals surface area contributed by atoms with Gasteiger partial charge >= 0.3 is 0 Å². The number of amides is 1. The molecule has 1 amide bonds. The molecule has 2 aromatic heterocycles. The molecule has 6 heteroatoms. The second-order valence-corrected chi connectivity index (χ2v) is 4.40. The highest BCUT2D eigenvalue weighted by Gasteiger charge is 2.14. The van der Waals surface area contributed by atoms with E-state index in [0.717, 1.165) is 5.69 Å². The molecule has 2 heterocycles. The van der Waals surface area contributed by atoms with Gasteiger partial charge in [0.1, 0.15) is 11.3 Å². The minimum absolute atomic E-state index is 0.238. The second kappa shape index (κ2) is 5.71. The van der Waals surface area contributed by atoms with Crippen molar-refractivity contribution >= 4 is 5.91 Å². The van der Waals surface area contributed by atoms with Gasteiger partial charge in [0.05, 0.1) is 12.3 Å². The molecular formula is C13H17N3O3. The molecule has 1 unspecified atom stereocenters. The minimum Gasteiger partial charge on any atom is -0.387 e. The van der Waals surface area contributed by atoms with E-state index in [0.29, 0.717) is 24.3 Å². The average Bonchev–Trinajstić information content (AvgIpc) is 2.97. The lowest BCUT2D eigenvalue weighted by atomic mass is 10.2. The van der Waals surface area contributed by atoms with E-state index in [9.17, 15) is 9.90 Å². The lowest BCUT2D eigenvalue weighted by Crippen LogP contribution is -2.26. The first-order valence-corrected chi connectivity index (χ1v) is 6.08. The molecule has 2 N–H and O–H groups in total. The molecular weight excluding hydrogens is 246 g/mol. The number of aryl methyl sites for hydroxylation is 2. The van der Waals surface area contributed by atoms with Crippen molar-refractivity contribution < 1.29 is 14.4 Å². The fourth-order valence-electron chi connectivity index (χ4n) is 1.90. The average molecular weight is 263 g/mol. The summed E-state index contributed by atoms with van der Waals surface area (Å²) < 4.78 is 6.68. The van der Waals surface area contributed by atoms with Gasteiger partial charge in [-0.05, 0) is 25.5 Å². The van der Waals surface area contributed by atoms with E-state index in [2.05, 4.69) is 10.5 Å². The molecule has 0 saturated heterocycles. The molecule has 2 aromatic rings. The predicted octanol–water partition coefficient (Wildman–Crippen LogP) is 1.18. The molecule has 0 bridgehead atoms. The maximum absolute atomic E-state index is 11.8. The van der Waals surface area contributed by atoms with E-state index in [1.807, 2.05) is 29.9 Å². The highest BCUT2D eigenvalue weighted by molar-refractivity contribution is 5.94. The molecule has 0 aliphatic heterocycles. The number of hydrogen-bond acceptors (Lipinski definition) is 4. The van der Waals surface area contributed by atoms with E-state index in [1.165, 1.54) is 6.20 Å². The number of rotatable bonds is 5. The Kier molecular flexibility index (Phi) is 4.01. The molecule has 2 rings (SSSR count). The summed E-state index contributed by atoms with van der Waals surface area (Å²) in [5, 5.41) is 16.3. The zero-order valence-electron chi connectivity index (χ0n) is 11.0. The van der Waals surface area contributed by atoms with E-state index in [4.69, 9.17) is 4.52 Å². The molecule has 6 nitrogen and oxygen atoms in total. The van der Waals surface area contributed by atoms with E-state index < -0.39 is 6.10 Å². The largest absolute Gasteiger partial charge is 0.387 e. The van der Waals surface area contributed by atoms with Crippen LogP contribution in [0.4, 0.5) is 0 Å². The van der Waals surface area contributed by atoms with E-state index >= 15 is 0 Å². The molecule has 0 aromatic carbocycles. The van der Waals surface area contributed by atoms with Crippen LogP contribution in [0.5, 0.6) is 0 Å². The summed E-state index contributed by atoms with van der Waals surface area (Å²) in [6.07, 6.45) is 3.12. The van der Waals surface area contributed by atoms with Gasteiger partial charge in [0.15, 0.2) is 0 Å². The summed E-state index contributed by atoms with van der Waals surface area (Å²) in [5.41, 5.74) is 1.25. The Morgan fingerprint density at radius 2 is 2.42 bits per heavy atom. The SMILES string of the molecule is Cc1oncc1C(=O)NCCC(O)c1cccn1C. The van der Waals surface area contributed by atoms with Crippen molar-refractivity contribution in [3.63, 3.8) is 0 Å². The van der Waals surface area contributed by atoms with Gasteiger partial charge in [-0.3, -0.25) is 4.79 Å². The van der Waals surface area contributed by atoms with E-state index in [-0.39, 0.29) is 5.91 Å². The first kappa shape index (κ1) is 13.4. The van der Waals surface area contributed by atoms with Gasteiger partial charge < -0.3 is 19.5 Å². The van der Waals surface area contributed by atoms with Crippen molar-refractivity contribution in [2.45, 2.75) is 19.4 Å². The van der Waals surface area contributed by atoms with Gasteiger partial charge in [0.25, 0.3) is 5.91 Å². The van der Waals surface area contributed by atoms with Gasteiger partial charge in [-0.1, -0.05) is 5.16 Å². The van der Waals surface area contributed by atoms with Crippen LogP contribution in [0, 0.1) is 6.92 Å². The number of nitrogens with one attached hydrogen (secondary N) is 1. The number of aliphatic hydroxyl groups excluding tert-OH is 1. The Hall–Kier alpha value is -2.08. The van der Waals surface area contributed by atoms with Crippen LogP contribution in [0.2, 0.25) is 0 Å². The summed E-state index contributed by atoms with van der Waals surface area (Å²) in [6, 6.07) is 3.73. The fraction of sp³-hybridized carbons (Fsp3) is 0.385. The number of aliphatic hydroxyl groups is 1. The van der Waals surface area contributed by atoms with Gasteiger partial charge in [-0.25, -0.2) is 0 Å². The molecule has 0 fully saturated rings. The van der Waals surface area contributed by atoms with Crippen molar-refractivity contribution in [2.75, 3.05) is 6.54 Å². The van der Waals surface area contributed by atoms with Crippen molar-refractivity contribution in [1.82, 2.24) is 15.0 Å². The maximum atomic E-state index is 11.8. The van der Waals surface area contributed by atoms with Crippen molar-refractivity contribution in [1.29, 1.82) is 0 Å². The molecule has 0 saturated carbocycles. The van der Waals surface area contributed by atoms with Crippen LogP contribution >= 0.6 is 0 Å². The fourth-order valence-corrected chi connectivity index (χ4v) is 1.90.